The van der Waals surface area contributed by atoms with E-state index >= 15 is 0 Å². The van der Waals surface area contributed by atoms with Crippen molar-refractivity contribution in [3.63, 3.8) is 0 Å². The van der Waals surface area contributed by atoms with Crippen LogP contribution in [-0.2, 0) is 4.79 Å². The zero-order valence-electron chi connectivity index (χ0n) is 8.76. The first-order valence-corrected chi connectivity index (χ1v) is 5.44. The van der Waals surface area contributed by atoms with Gasteiger partial charge in [0, 0.05) is 12.1 Å². The van der Waals surface area contributed by atoms with Crippen LogP contribution in [0.5, 0.6) is 5.75 Å². The number of nitro benzene ring substituents is 1. The number of anilines is 1. The molecule has 2 rings (SSSR count). The Kier molecular flexibility index (Phi) is 3.14. The van der Waals surface area contributed by atoms with Crippen LogP contribution >= 0.6 is 11.6 Å². The Bertz CT molecular complexity index is 477. The summed E-state index contributed by atoms with van der Waals surface area (Å²) >= 11 is 5.49. The number of non-ortho nitro benzene ring substituents is 1. The van der Waals surface area contributed by atoms with Gasteiger partial charge in [-0.25, -0.2) is 0 Å². The predicted octanol–water partition coefficient (Wildman–Crippen LogP) is 1.56. The van der Waals surface area contributed by atoms with Crippen molar-refractivity contribution in [3.05, 3.63) is 28.3 Å². The lowest BCUT2D eigenvalue weighted by Gasteiger charge is -2.28. The van der Waals surface area contributed by atoms with Crippen LogP contribution in [0.1, 0.15) is 0 Å². The number of nitro groups is 1. The minimum absolute atomic E-state index is 0.0818. The number of hydrogen-bond acceptors (Lipinski definition) is 4. The molecular weight excluding hydrogens is 248 g/mol. The quantitative estimate of drug-likeness (QED) is 0.457. The van der Waals surface area contributed by atoms with Crippen molar-refractivity contribution in [3.8, 4) is 5.75 Å². The van der Waals surface area contributed by atoms with Crippen molar-refractivity contribution in [2.24, 2.45) is 0 Å². The molecule has 90 valence electrons. The zero-order chi connectivity index (χ0) is 12.4. The van der Waals surface area contributed by atoms with E-state index in [1.807, 2.05) is 0 Å². The maximum absolute atomic E-state index is 11.6. The zero-order valence-corrected chi connectivity index (χ0v) is 9.51. The summed E-state index contributed by atoms with van der Waals surface area (Å²) in [5.74, 6) is -0.000634. The Morgan fingerprint density at radius 2 is 2.35 bits per heavy atom. The molecule has 0 saturated heterocycles. The lowest BCUT2D eigenvalue weighted by atomic mass is 10.2. The third-order valence-electron chi connectivity index (χ3n) is 2.43. The molecule has 17 heavy (non-hydrogen) atoms. The van der Waals surface area contributed by atoms with E-state index in [1.54, 1.807) is 0 Å². The molecule has 0 radical (unpaired) electrons. The summed E-state index contributed by atoms with van der Waals surface area (Å²) in [4.78, 5) is 23.1. The molecule has 1 aliphatic heterocycles. The number of nitrogens with zero attached hydrogens (tertiary/aromatic N) is 2. The molecule has 0 aromatic heterocycles. The lowest BCUT2D eigenvalue weighted by Crippen LogP contribution is -2.38. The number of rotatable bonds is 2. The van der Waals surface area contributed by atoms with Crippen molar-refractivity contribution < 1.29 is 14.5 Å². The average Bonchev–Trinajstić information content (AvgIpc) is 2.36. The number of carbonyl (C=O) groups excluding carboxylic acids is 1. The highest BCUT2D eigenvalue weighted by atomic mass is 35.5. The fourth-order valence-corrected chi connectivity index (χ4v) is 1.80. The Morgan fingerprint density at radius 3 is 3.00 bits per heavy atom. The van der Waals surface area contributed by atoms with Crippen LogP contribution in [0.4, 0.5) is 11.4 Å². The van der Waals surface area contributed by atoms with Gasteiger partial charge in [0.05, 0.1) is 17.2 Å². The maximum atomic E-state index is 11.6. The normalized spacial score (nSPS) is 13.8. The lowest BCUT2D eigenvalue weighted by molar-refractivity contribution is -0.384. The van der Waals surface area contributed by atoms with E-state index in [1.165, 1.54) is 23.1 Å². The molecule has 1 heterocycles. The van der Waals surface area contributed by atoms with Gasteiger partial charge in [0.1, 0.15) is 18.2 Å². The summed E-state index contributed by atoms with van der Waals surface area (Å²) in [6, 6.07) is 4.15. The highest BCUT2D eigenvalue weighted by Crippen LogP contribution is 2.34. The molecule has 1 amide bonds. The summed E-state index contributed by atoms with van der Waals surface area (Å²) in [5.41, 5.74) is 0.317. The Hall–Kier alpha value is -1.82. The van der Waals surface area contributed by atoms with Crippen molar-refractivity contribution in [1.82, 2.24) is 0 Å². The van der Waals surface area contributed by atoms with Crippen LogP contribution in [0, 0.1) is 10.1 Å². The number of carbonyl (C=O) groups is 1. The minimum atomic E-state index is -0.516. The van der Waals surface area contributed by atoms with Gasteiger partial charge in [-0.1, -0.05) is 0 Å². The molecule has 0 N–H and O–H groups in total. The smallest absolute Gasteiger partial charge is 0.271 e. The Morgan fingerprint density at radius 1 is 1.59 bits per heavy atom. The number of alkyl halides is 1. The molecule has 0 unspecified atom stereocenters. The standard InChI is InChI=1S/C10H9ClN2O4/c11-6-10(14)12-3-4-17-9-2-1-7(13(15)16)5-8(9)12/h1-2,5H,3-4,6H2. The number of halogens is 1. The number of ether oxygens (including phenoxy) is 1. The van der Waals surface area contributed by atoms with E-state index < -0.39 is 4.92 Å². The minimum Gasteiger partial charge on any atom is -0.490 e. The molecule has 0 spiro atoms. The summed E-state index contributed by atoms with van der Waals surface area (Å²) in [5, 5.41) is 10.7. The van der Waals surface area contributed by atoms with Gasteiger partial charge >= 0.3 is 0 Å². The first-order chi connectivity index (χ1) is 8.13. The van der Waals surface area contributed by atoms with Crippen LogP contribution in [-0.4, -0.2) is 29.9 Å². The second-order valence-corrected chi connectivity index (χ2v) is 3.70. The van der Waals surface area contributed by atoms with E-state index in [2.05, 4.69) is 0 Å². The van der Waals surface area contributed by atoms with Gasteiger partial charge in [-0.2, -0.15) is 0 Å². The van der Waals surface area contributed by atoms with Gasteiger partial charge in [0.2, 0.25) is 5.91 Å². The van der Waals surface area contributed by atoms with Crippen molar-refractivity contribution in [1.29, 1.82) is 0 Å². The topological polar surface area (TPSA) is 72.7 Å². The molecule has 7 heteroatoms. The van der Waals surface area contributed by atoms with Gasteiger partial charge in [0.25, 0.3) is 5.69 Å². The first kappa shape index (κ1) is 11.7. The molecule has 0 aliphatic carbocycles. The highest BCUT2D eigenvalue weighted by molar-refractivity contribution is 6.29. The van der Waals surface area contributed by atoms with Gasteiger partial charge < -0.3 is 9.64 Å². The third-order valence-corrected chi connectivity index (χ3v) is 2.66. The van der Waals surface area contributed by atoms with Crippen molar-refractivity contribution >= 4 is 28.9 Å². The largest absolute Gasteiger partial charge is 0.490 e. The summed E-state index contributed by atoms with van der Waals surface area (Å²) in [6.07, 6.45) is 0. The van der Waals surface area contributed by atoms with E-state index in [4.69, 9.17) is 16.3 Å². The molecule has 6 nitrogen and oxygen atoms in total. The van der Waals surface area contributed by atoms with Crippen LogP contribution in [0.25, 0.3) is 0 Å². The van der Waals surface area contributed by atoms with Gasteiger partial charge in [-0.3, -0.25) is 14.9 Å². The van der Waals surface area contributed by atoms with Crippen LogP contribution in [0.15, 0.2) is 18.2 Å². The number of benzene rings is 1. The van der Waals surface area contributed by atoms with Crippen LogP contribution in [0.2, 0.25) is 0 Å². The number of hydrogen-bond donors (Lipinski definition) is 0. The first-order valence-electron chi connectivity index (χ1n) is 4.91. The van der Waals surface area contributed by atoms with Crippen molar-refractivity contribution in [2.75, 3.05) is 23.9 Å². The van der Waals surface area contributed by atoms with Gasteiger partial charge in [-0.15, -0.1) is 11.6 Å². The van der Waals surface area contributed by atoms with Gasteiger partial charge in [-0.05, 0) is 6.07 Å². The fraction of sp³-hybridized carbons (Fsp3) is 0.300. The summed E-state index contributed by atoms with van der Waals surface area (Å²) in [7, 11) is 0. The average molecular weight is 257 g/mol. The molecule has 0 bridgehead atoms. The number of amides is 1. The van der Waals surface area contributed by atoms with E-state index in [-0.39, 0.29) is 17.5 Å². The van der Waals surface area contributed by atoms with E-state index in [0.29, 0.717) is 24.6 Å². The summed E-state index contributed by atoms with van der Waals surface area (Å²) < 4.78 is 5.32. The van der Waals surface area contributed by atoms with Crippen LogP contribution in [0.3, 0.4) is 0 Å². The predicted molar refractivity (Wildman–Crippen MR) is 61.7 cm³/mol. The molecular formula is C10H9ClN2O4. The SMILES string of the molecule is O=C(CCl)N1CCOc2ccc([N+](=O)[O-])cc21. The highest BCUT2D eigenvalue weighted by Gasteiger charge is 2.25. The molecule has 1 aliphatic rings. The van der Waals surface area contributed by atoms with Gasteiger partial charge in [0.15, 0.2) is 0 Å². The Balaban J connectivity index is 2.44. The monoisotopic (exact) mass is 256 g/mol. The molecule has 1 aromatic rings. The number of fused-ring (bicyclic) bond motifs is 1. The van der Waals surface area contributed by atoms with E-state index in [0.717, 1.165) is 0 Å². The van der Waals surface area contributed by atoms with Crippen LogP contribution < -0.4 is 9.64 Å². The second kappa shape index (κ2) is 4.58. The third kappa shape index (κ3) is 2.16. The molecule has 1 aromatic carbocycles. The van der Waals surface area contributed by atoms with E-state index in [9.17, 15) is 14.9 Å². The molecule has 0 saturated carbocycles. The molecule has 0 fully saturated rings. The fourth-order valence-electron chi connectivity index (χ4n) is 1.65. The Labute approximate surface area is 102 Å². The summed E-state index contributed by atoms with van der Waals surface area (Å²) in [6.45, 7) is 0.702. The van der Waals surface area contributed by atoms with Crippen molar-refractivity contribution in [2.45, 2.75) is 0 Å². The molecule has 0 atom stereocenters. The second-order valence-electron chi connectivity index (χ2n) is 3.44. The maximum Gasteiger partial charge on any atom is 0.271 e.